The number of hydrogen-bond donors (Lipinski definition) is 1. The molecule has 0 unspecified atom stereocenters. The normalized spacial score (nSPS) is 11.6. The van der Waals surface area contributed by atoms with Crippen molar-refractivity contribution < 1.29 is 18.0 Å². The van der Waals surface area contributed by atoms with E-state index in [0.717, 1.165) is 11.0 Å². The molecule has 8 heteroatoms. The van der Waals surface area contributed by atoms with Crippen molar-refractivity contribution in [2.75, 3.05) is 0 Å². The van der Waals surface area contributed by atoms with E-state index in [1.165, 1.54) is 0 Å². The van der Waals surface area contributed by atoms with Crippen molar-refractivity contribution >= 4 is 5.91 Å². The van der Waals surface area contributed by atoms with E-state index < -0.39 is 18.5 Å². The molecule has 0 saturated heterocycles. The highest BCUT2D eigenvalue weighted by Crippen LogP contribution is 2.19. The summed E-state index contributed by atoms with van der Waals surface area (Å²) in [6.07, 6.45) is -4.24. The van der Waals surface area contributed by atoms with Gasteiger partial charge < -0.3 is 5.73 Å². The van der Waals surface area contributed by atoms with Crippen LogP contribution in [0.4, 0.5) is 13.2 Å². The van der Waals surface area contributed by atoms with Gasteiger partial charge in [0.2, 0.25) is 5.82 Å². The van der Waals surface area contributed by atoms with Gasteiger partial charge in [-0.15, -0.1) is 5.10 Å². The molecule has 0 aliphatic carbocycles. The molecular formula is C6H7F3N4O. The van der Waals surface area contributed by atoms with Crippen molar-refractivity contribution in [3.8, 4) is 0 Å². The van der Waals surface area contributed by atoms with E-state index in [0.29, 0.717) is 0 Å². The van der Waals surface area contributed by atoms with Crippen LogP contribution in [0, 0.1) is 0 Å². The molecule has 2 N–H and O–H groups in total. The van der Waals surface area contributed by atoms with Crippen molar-refractivity contribution in [1.29, 1.82) is 0 Å². The molecule has 0 bridgehead atoms. The Bertz CT molecular complexity index is 332. The van der Waals surface area contributed by atoms with Gasteiger partial charge in [-0.05, 0) is 0 Å². The van der Waals surface area contributed by atoms with Gasteiger partial charge in [0, 0.05) is 0 Å². The molecule has 14 heavy (non-hydrogen) atoms. The number of primary amides is 1. The summed E-state index contributed by atoms with van der Waals surface area (Å²) in [5, 5.41) is 3.44. The fourth-order valence-electron chi connectivity index (χ4n) is 0.757. The van der Waals surface area contributed by atoms with Gasteiger partial charge in [-0.3, -0.25) is 9.48 Å². The molecule has 1 amide bonds. The van der Waals surface area contributed by atoms with Crippen LogP contribution in [0.25, 0.3) is 0 Å². The third kappa shape index (κ3) is 3.04. The number of alkyl halides is 3. The molecule has 0 aromatic carbocycles. The van der Waals surface area contributed by atoms with Crippen LogP contribution < -0.4 is 5.73 Å². The van der Waals surface area contributed by atoms with Crippen molar-refractivity contribution in [3.05, 3.63) is 12.2 Å². The van der Waals surface area contributed by atoms with Crippen molar-refractivity contribution in [1.82, 2.24) is 14.8 Å². The average molecular weight is 208 g/mol. The smallest absolute Gasteiger partial charge is 0.363 e. The molecule has 1 rings (SSSR count). The minimum absolute atomic E-state index is 0.285. The summed E-state index contributed by atoms with van der Waals surface area (Å²) in [6, 6.07) is 0. The van der Waals surface area contributed by atoms with Crippen LogP contribution in [-0.4, -0.2) is 26.8 Å². The zero-order valence-corrected chi connectivity index (χ0v) is 6.95. The molecule has 78 valence electrons. The number of aryl methyl sites for hydroxylation is 1. The van der Waals surface area contributed by atoms with E-state index >= 15 is 0 Å². The largest absolute Gasteiger partial charge is 0.390 e. The van der Waals surface area contributed by atoms with Gasteiger partial charge in [0.1, 0.15) is 6.33 Å². The molecule has 1 aromatic rings. The Morgan fingerprint density at radius 1 is 1.57 bits per heavy atom. The number of hydrogen-bond acceptors (Lipinski definition) is 3. The maximum atomic E-state index is 11.8. The average Bonchev–Trinajstić information content (AvgIpc) is 2.47. The van der Waals surface area contributed by atoms with E-state index in [2.05, 4.69) is 10.1 Å². The van der Waals surface area contributed by atoms with Crippen molar-refractivity contribution in [2.24, 2.45) is 5.73 Å². The molecule has 0 aliphatic heterocycles. The standard InChI is InChI=1S/C6H7F3N4O/c7-6(8,9)1-2-13-3-11-5(12-13)4(10)14/h3H,1-2H2,(H2,10,14). The summed E-state index contributed by atoms with van der Waals surface area (Å²) in [7, 11) is 0. The lowest BCUT2D eigenvalue weighted by molar-refractivity contribution is -0.137. The number of amides is 1. The number of aromatic nitrogens is 3. The van der Waals surface area contributed by atoms with Crippen LogP contribution in [0.15, 0.2) is 6.33 Å². The second-order valence-electron chi connectivity index (χ2n) is 2.56. The Morgan fingerprint density at radius 3 is 2.64 bits per heavy atom. The number of nitrogens with zero attached hydrogens (tertiary/aromatic N) is 3. The van der Waals surface area contributed by atoms with Crippen LogP contribution >= 0.6 is 0 Å². The lowest BCUT2D eigenvalue weighted by Crippen LogP contribution is -2.15. The Hall–Kier alpha value is -1.60. The van der Waals surface area contributed by atoms with Crippen LogP contribution in [0.1, 0.15) is 17.0 Å². The first-order valence-corrected chi connectivity index (χ1v) is 3.64. The fourth-order valence-corrected chi connectivity index (χ4v) is 0.757. The molecule has 0 aliphatic rings. The maximum absolute atomic E-state index is 11.8. The minimum atomic E-state index is -4.25. The Kier molecular flexibility index (Phi) is 2.73. The monoisotopic (exact) mass is 208 g/mol. The number of nitrogens with two attached hydrogens (primary N) is 1. The SMILES string of the molecule is NC(=O)c1ncn(CCC(F)(F)F)n1. The van der Waals surface area contributed by atoms with Crippen molar-refractivity contribution in [2.45, 2.75) is 19.1 Å². The predicted molar refractivity (Wildman–Crippen MR) is 39.2 cm³/mol. The highest BCUT2D eigenvalue weighted by Gasteiger charge is 2.26. The van der Waals surface area contributed by atoms with Gasteiger partial charge in [-0.1, -0.05) is 0 Å². The summed E-state index contributed by atoms with van der Waals surface area (Å²) < 4.78 is 36.2. The van der Waals surface area contributed by atoms with E-state index in [-0.39, 0.29) is 12.4 Å². The Morgan fingerprint density at radius 2 is 2.21 bits per heavy atom. The molecule has 1 heterocycles. The quantitative estimate of drug-likeness (QED) is 0.777. The minimum Gasteiger partial charge on any atom is -0.363 e. The molecule has 5 nitrogen and oxygen atoms in total. The molecule has 0 fully saturated rings. The van der Waals surface area contributed by atoms with Crippen molar-refractivity contribution in [3.63, 3.8) is 0 Å². The first-order chi connectivity index (χ1) is 6.38. The summed E-state index contributed by atoms with van der Waals surface area (Å²) in [5.41, 5.74) is 4.81. The van der Waals surface area contributed by atoms with E-state index in [1.54, 1.807) is 0 Å². The van der Waals surface area contributed by atoms with Crippen LogP contribution in [0.5, 0.6) is 0 Å². The highest BCUT2D eigenvalue weighted by atomic mass is 19.4. The van der Waals surface area contributed by atoms with E-state index in [9.17, 15) is 18.0 Å². The zero-order chi connectivity index (χ0) is 10.8. The zero-order valence-electron chi connectivity index (χ0n) is 6.95. The molecular weight excluding hydrogens is 201 g/mol. The predicted octanol–water partition coefficient (Wildman–Crippen LogP) is 0.329. The summed E-state index contributed by atoms with van der Waals surface area (Å²) in [4.78, 5) is 13.9. The summed E-state index contributed by atoms with van der Waals surface area (Å²) >= 11 is 0. The Labute approximate surface area is 76.7 Å². The highest BCUT2D eigenvalue weighted by molar-refractivity contribution is 5.88. The first kappa shape index (κ1) is 10.5. The first-order valence-electron chi connectivity index (χ1n) is 3.64. The van der Waals surface area contributed by atoms with Gasteiger partial charge in [0.15, 0.2) is 0 Å². The fraction of sp³-hybridized carbons (Fsp3) is 0.500. The number of halogens is 3. The second kappa shape index (κ2) is 3.64. The van der Waals surface area contributed by atoms with E-state index in [1.807, 2.05) is 0 Å². The molecule has 1 aromatic heterocycles. The van der Waals surface area contributed by atoms with Crippen LogP contribution in [0.3, 0.4) is 0 Å². The lowest BCUT2D eigenvalue weighted by atomic mass is 10.4. The van der Waals surface area contributed by atoms with Crippen LogP contribution in [-0.2, 0) is 6.54 Å². The topological polar surface area (TPSA) is 73.8 Å². The number of carbonyl (C=O) groups excluding carboxylic acids is 1. The van der Waals surface area contributed by atoms with Gasteiger partial charge in [-0.25, -0.2) is 4.98 Å². The number of carbonyl (C=O) groups is 1. The second-order valence-corrected chi connectivity index (χ2v) is 2.56. The maximum Gasteiger partial charge on any atom is 0.390 e. The summed E-state index contributed by atoms with van der Waals surface area (Å²) in [6.45, 7) is -0.371. The third-order valence-electron chi connectivity index (χ3n) is 1.38. The van der Waals surface area contributed by atoms with Gasteiger partial charge >= 0.3 is 6.18 Å². The van der Waals surface area contributed by atoms with Gasteiger partial charge in [0.05, 0.1) is 13.0 Å². The lowest BCUT2D eigenvalue weighted by Gasteiger charge is -2.04. The van der Waals surface area contributed by atoms with Crippen LogP contribution in [0.2, 0.25) is 0 Å². The summed E-state index contributed by atoms with van der Waals surface area (Å²) in [5.74, 6) is -1.15. The molecule has 0 spiro atoms. The van der Waals surface area contributed by atoms with E-state index in [4.69, 9.17) is 5.73 Å². The molecule has 0 radical (unpaired) electrons. The molecule has 0 saturated carbocycles. The van der Waals surface area contributed by atoms with Gasteiger partial charge in [0.25, 0.3) is 5.91 Å². The number of rotatable bonds is 3. The van der Waals surface area contributed by atoms with Gasteiger partial charge in [-0.2, -0.15) is 13.2 Å². The Balaban J connectivity index is 2.56. The third-order valence-corrected chi connectivity index (χ3v) is 1.38. The molecule has 0 atom stereocenters.